The summed E-state index contributed by atoms with van der Waals surface area (Å²) in [5, 5.41) is 3.02. The van der Waals surface area contributed by atoms with Gasteiger partial charge in [0.1, 0.15) is 0 Å². The standard InChI is InChI=1S/C23H29NO/c1-16-7-11-20(15-17(16)2)18(3)24-22(25)14-10-19-8-12-21(13-9-19)23(4,5)6/h7-15,18H,1-6H3,(H,24,25)/b14-10+/t18-/m1/s1. The summed E-state index contributed by atoms with van der Waals surface area (Å²) in [6.07, 6.45) is 3.46. The normalized spacial score (nSPS) is 13.0. The lowest BCUT2D eigenvalue weighted by molar-refractivity contribution is -0.117. The van der Waals surface area contributed by atoms with E-state index in [1.165, 1.54) is 16.7 Å². The van der Waals surface area contributed by atoms with Crippen molar-refractivity contribution in [2.45, 2.75) is 53.0 Å². The molecule has 0 aliphatic heterocycles. The van der Waals surface area contributed by atoms with E-state index in [1.807, 2.05) is 13.0 Å². The van der Waals surface area contributed by atoms with Gasteiger partial charge in [0.25, 0.3) is 0 Å². The molecule has 2 aromatic carbocycles. The Labute approximate surface area is 152 Å². The Kier molecular flexibility index (Phi) is 5.84. The van der Waals surface area contributed by atoms with Gasteiger partial charge in [-0.3, -0.25) is 4.79 Å². The molecule has 0 saturated carbocycles. The number of carbonyl (C=O) groups excluding carboxylic acids is 1. The molecule has 2 nitrogen and oxygen atoms in total. The Morgan fingerprint density at radius 1 is 1.00 bits per heavy atom. The molecule has 0 radical (unpaired) electrons. The van der Waals surface area contributed by atoms with Gasteiger partial charge in [0.05, 0.1) is 6.04 Å². The summed E-state index contributed by atoms with van der Waals surface area (Å²) in [7, 11) is 0. The summed E-state index contributed by atoms with van der Waals surface area (Å²) in [5.74, 6) is -0.0781. The number of carbonyl (C=O) groups is 1. The highest BCUT2D eigenvalue weighted by Gasteiger charge is 2.12. The smallest absolute Gasteiger partial charge is 0.244 e. The lowest BCUT2D eigenvalue weighted by Gasteiger charge is -2.18. The van der Waals surface area contributed by atoms with Crippen LogP contribution in [0.25, 0.3) is 6.08 Å². The number of hydrogen-bond acceptors (Lipinski definition) is 1. The Morgan fingerprint density at radius 3 is 2.20 bits per heavy atom. The van der Waals surface area contributed by atoms with Gasteiger partial charge in [-0.2, -0.15) is 0 Å². The first-order valence-electron chi connectivity index (χ1n) is 8.83. The van der Waals surface area contributed by atoms with Gasteiger partial charge < -0.3 is 5.32 Å². The number of benzene rings is 2. The molecule has 0 saturated heterocycles. The molecule has 0 aliphatic carbocycles. The van der Waals surface area contributed by atoms with Crippen LogP contribution in [0.5, 0.6) is 0 Å². The summed E-state index contributed by atoms with van der Waals surface area (Å²) in [6.45, 7) is 12.8. The zero-order chi connectivity index (χ0) is 18.6. The van der Waals surface area contributed by atoms with Crippen molar-refractivity contribution in [1.29, 1.82) is 0 Å². The van der Waals surface area contributed by atoms with Gasteiger partial charge >= 0.3 is 0 Å². The van der Waals surface area contributed by atoms with Crippen molar-refractivity contribution in [3.05, 3.63) is 76.4 Å². The molecular weight excluding hydrogens is 306 g/mol. The summed E-state index contributed by atoms with van der Waals surface area (Å²) in [5.41, 5.74) is 6.09. The molecule has 0 bridgehead atoms. The minimum absolute atomic E-state index is 0.0142. The number of nitrogens with one attached hydrogen (secondary N) is 1. The maximum Gasteiger partial charge on any atom is 0.244 e. The molecule has 25 heavy (non-hydrogen) atoms. The van der Waals surface area contributed by atoms with Crippen molar-refractivity contribution in [2.24, 2.45) is 0 Å². The van der Waals surface area contributed by atoms with Gasteiger partial charge in [-0.25, -0.2) is 0 Å². The molecule has 1 N–H and O–H groups in total. The summed E-state index contributed by atoms with van der Waals surface area (Å²) in [6, 6.07) is 14.6. The maximum atomic E-state index is 12.2. The molecule has 1 atom stereocenters. The van der Waals surface area contributed by atoms with E-state index in [9.17, 15) is 4.79 Å². The van der Waals surface area contributed by atoms with Gasteiger partial charge in [-0.15, -0.1) is 0 Å². The Hall–Kier alpha value is -2.35. The molecule has 2 heteroatoms. The van der Waals surface area contributed by atoms with Gasteiger partial charge in [-0.05, 0) is 60.1 Å². The zero-order valence-corrected chi connectivity index (χ0v) is 16.2. The highest BCUT2D eigenvalue weighted by molar-refractivity contribution is 5.92. The molecule has 0 heterocycles. The number of hydrogen-bond donors (Lipinski definition) is 1. The molecule has 0 fully saturated rings. The number of aryl methyl sites for hydroxylation is 2. The first-order chi connectivity index (χ1) is 11.7. The second-order valence-electron chi connectivity index (χ2n) is 7.78. The van der Waals surface area contributed by atoms with E-state index in [0.29, 0.717) is 0 Å². The number of amides is 1. The van der Waals surface area contributed by atoms with Crippen LogP contribution in [0, 0.1) is 13.8 Å². The third-order valence-corrected chi connectivity index (χ3v) is 4.59. The van der Waals surface area contributed by atoms with Crippen molar-refractivity contribution in [1.82, 2.24) is 5.32 Å². The highest BCUT2D eigenvalue weighted by Crippen LogP contribution is 2.22. The van der Waals surface area contributed by atoms with Crippen LogP contribution in [0.1, 0.15) is 61.6 Å². The molecule has 0 spiro atoms. The van der Waals surface area contributed by atoms with Crippen LogP contribution >= 0.6 is 0 Å². The van der Waals surface area contributed by atoms with Crippen LogP contribution in [-0.2, 0) is 10.2 Å². The van der Waals surface area contributed by atoms with Crippen molar-refractivity contribution < 1.29 is 4.79 Å². The van der Waals surface area contributed by atoms with Gasteiger partial charge in [0, 0.05) is 6.08 Å². The Morgan fingerprint density at radius 2 is 1.64 bits per heavy atom. The van der Waals surface area contributed by atoms with Gasteiger partial charge in [0.2, 0.25) is 5.91 Å². The van der Waals surface area contributed by atoms with E-state index in [-0.39, 0.29) is 17.4 Å². The molecule has 0 unspecified atom stereocenters. The SMILES string of the molecule is Cc1ccc([C@@H](C)NC(=O)/C=C/c2ccc(C(C)(C)C)cc2)cc1C. The largest absolute Gasteiger partial charge is 0.346 e. The average molecular weight is 335 g/mol. The third-order valence-electron chi connectivity index (χ3n) is 4.59. The van der Waals surface area contributed by atoms with E-state index in [0.717, 1.165) is 11.1 Å². The first-order valence-corrected chi connectivity index (χ1v) is 8.83. The minimum Gasteiger partial charge on any atom is -0.346 e. The predicted molar refractivity (Wildman–Crippen MR) is 107 cm³/mol. The van der Waals surface area contributed by atoms with Crippen LogP contribution in [0.3, 0.4) is 0 Å². The van der Waals surface area contributed by atoms with E-state index in [2.05, 4.69) is 82.4 Å². The summed E-state index contributed by atoms with van der Waals surface area (Å²) < 4.78 is 0. The lowest BCUT2D eigenvalue weighted by atomic mass is 9.87. The fourth-order valence-electron chi connectivity index (χ4n) is 2.64. The van der Waals surface area contributed by atoms with Crippen molar-refractivity contribution in [3.63, 3.8) is 0 Å². The Balaban J connectivity index is 1.99. The number of rotatable bonds is 4. The van der Waals surface area contributed by atoms with Crippen LogP contribution in [0.4, 0.5) is 0 Å². The topological polar surface area (TPSA) is 29.1 Å². The van der Waals surface area contributed by atoms with Crippen LogP contribution in [-0.4, -0.2) is 5.91 Å². The highest BCUT2D eigenvalue weighted by atomic mass is 16.1. The Bertz CT molecular complexity index is 764. The summed E-state index contributed by atoms with van der Waals surface area (Å²) >= 11 is 0. The van der Waals surface area contributed by atoms with Crippen molar-refractivity contribution >= 4 is 12.0 Å². The average Bonchev–Trinajstić information content (AvgIpc) is 2.55. The third kappa shape index (κ3) is 5.32. The van der Waals surface area contributed by atoms with Crippen LogP contribution in [0.2, 0.25) is 0 Å². The predicted octanol–water partition coefficient (Wildman–Crippen LogP) is 5.49. The molecule has 0 aromatic heterocycles. The van der Waals surface area contributed by atoms with Gasteiger partial charge in [0.15, 0.2) is 0 Å². The van der Waals surface area contributed by atoms with Crippen molar-refractivity contribution in [3.8, 4) is 0 Å². The second kappa shape index (κ2) is 7.69. The molecule has 2 rings (SSSR count). The fourth-order valence-corrected chi connectivity index (χ4v) is 2.64. The van der Waals surface area contributed by atoms with E-state index >= 15 is 0 Å². The lowest BCUT2D eigenvalue weighted by Crippen LogP contribution is -2.24. The first kappa shape index (κ1) is 19.0. The quantitative estimate of drug-likeness (QED) is 0.735. The van der Waals surface area contributed by atoms with E-state index in [1.54, 1.807) is 6.08 Å². The molecule has 132 valence electrons. The van der Waals surface area contributed by atoms with Crippen LogP contribution < -0.4 is 5.32 Å². The molecule has 1 amide bonds. The van der Waals surface area contributed by atoms with E-state index in [4.69, 9.17) is 0 Å². The second-order valence-corrected chi connectivity index (χ2v) is 7.78. The minimum atomic E-state index is -0.0781. The van der Waals surface area contributed by atoms with Crippen LogP contribution in [0.15, 0.2) is 48.5 Å². The van der Waals surface area contributed by atoms with E-state index < -0.39 is 0 Å². The summed E-state index contributed by atoms with van der Waals surface area (Å²) in [4.78, 5) is 12.2. The molecule has 2 aromatic rings. The fraction of sp³-hybridized carbons (Fsp3) is 0.348. The zero-order valence-electron chi connectivity index (χ0n) is 16.2. The molecular formula is C23H29NO. The molecule has 0 aliphatic rings. The monoisotopic (exact) mass is 335 g/mol. The maximum absolute atomic E-state index is 12.2. The van der Waals surface area contributed by atoms with Gasteiger partial charge in [-0.1, -0.05) is 63.2 Å². The van der Waals surface area contributed by atoms with Crippen molar-refractivity contribution in [2.75, 3.05) is 0 Å².